The van der Waals surface area contributed by atoms with Gasteiger partial charge in [0.2, 0.25) is 0 Å². The maximum atomic E-state index is 6.01. The molecule has 0 amide bonds. The number of nitrogens with zero attached hydrogens (tertiary/aromatic N) is 2. The molecular formula is C15H15N3O. The van der Waals surface area contributed by atoms with E-state index in [0.29, 0.717) is 17.1 Å². The zero-order valence-electron chi connectivity index (χ0n) is 10.9. The SMILES string of the molecule is Cc1ccc(-n2cc(N)c(-c3ccco3)n2)c(C)c1. The van der Waals surface area contributed by atoms with Crippen molar-refractivity contribution in [3.63, 3.8) is 0 Å². The Balaban J connectivity index is 2.10. The molecular weight excluding hydrogens is 238 g/mol. The number of benzene rings is 1. The number of nitrogens with two attached hydrogens (primary N) is 1. The number of nitrogen functional groups attached to an aromatic ring is 1. The summed E-state index contributed by atoms with van der Waals surface area (Å²) in [5.41, 5.74) is 10.7. The van der Waals surface area contributed by atoms with E-state index in [9.17, 15) is 0 Å². The molecule has 0 saturated carbocycles. The third kappa shape index (κ3) is 2.01. The summed E-state index contributed by atoms with van der Waals surface area (Å²) < 4.78 is 7.14. The lowest BCUT2D eigenvalue weighted by atomic mass is 10.1. The van der Waals surface area contributed by atoms with Crippen LogP contribution in [-0.4, -0.2) is 9.78 Å². The quantitative estimate of drug-likeness (QED) is 0.762. The molecule has 1 aromatic carbocycles. The number of rotatable bonds is 2. The lowest BCUT2D eigenvalue weighted by Gasteiger charge is -2.06. The second-order valence-corrected chi connectivity index (χ2v) is 4.64. The van der Waals surface area contributed by atoms with Crippen LogP contribution >= 0.6 is 0 Å². The van der Waals surface area contributed by atoms with Crippen LogP contribution in [0.5, 0.6) is 0 Å². The van der Waals surface area contributed by atoms with Crippen molar-refractivity contribution in [2.45, 2.75) is 13.8 Å². The van der Waals surface area contributed by atoms with Crippen LogP contribution in [0.25, 0.3) is 17.1 Å². The van der Waals surface area contributed by atoms with E-state index in [0.717, 1.165) is 11.3 Å². The minimum absolute atomic E-state index is 0.606. The van der Waals surface area contributed by atoms with Crippen molar-refractivity contribution < 1.29 is 4.42 Å². The maximum absolute atomic E-state index is 6.01. The van der Waals surface area contributed by atoms with Gasteiger partial charge < -0.3 is 10.2 Å². The molecule has 0 aliphatic carbocycles. The van der Waals surface area contributed by atoms with Crippen LogP contribution in [0.15, 0.2) is 47.2 Å². The molecule has 0 fully saturated rings. The Kier molecular flexibility index (Phi) is 2.63. The number of hydrogen-bond acceptors (Lipinski definition) is 3. The molecule has 2 aromatic heterocycles. The van der Waals surface area contributed by atoms with Gasteiger partial charge in [0.05, 0.1) is 23.8 Å². The summed E-state index contributed by atoms with van der Waals surface area (Å²) in [4.78, 5) is 0. The highest BCUT2D eigenvalue weighted by Crippen LogP contribution is 2.26. The van der Waals surface area contributed by atoms with E-state index in [4.69, 9.17) is 10.2 Å². The second-order valence-electron chi connectivity index (χ2n) is 4.64. The predicted octanol–water partition coefficient (Wildman–Crippen LogP) is 3.33. The molecule has 96 valence electrons. The van der Waals surface area contributed by atoms with Gasteiger partial charge in [-0.05, 0) is 37.6 Å². The summed E-state index contributed by atoms with van der Waals surface area (Å²) in [6.07, 6.45) is 3.43. The van der Waals surface area contributed by atoms with E-state index < -0.39 is 0 Å². The van der Waals surface area contributed by atoms with Gasteiger partial charge in [-0.2, -0.15) is 5.10 Å². The number of hydrogen-bond donors (Lipinski definition) is 1. The molecule has 0 unspecified atom stereocenters. The molecule has 4 heteroatoms. The fourth-order valence-electron chi connectivity index (χ4n) is 2.18. The highest BCUT2D eigenvalue weighted by atomic mass is 16.3. The van der Waals surface area contributed by atoms with Crippen LogP contribution in [0.4, 0.5) is 5.69 Å². The smallest absolute Gasteiger partial charge is 0.156 e. The van der Waals surface area contributed by atoms with Crippen LogP contribution in [0.1, 0.15) is 11.1 Å². The van der Waals surface area contributed by atoms with E-state index in [-0.39, 0.29) is 0 Å². The summed E-state index contributed by atoms with van der Waals surface area (Å²) in [5.74, 6) is 0.681. The molecule has 19 heavy (non-hydrogen) atoms. The van der Waals surface area contributed by atoms with E-state index in [1.807, 2.05) is 24.4 Å². The third-order valence-electron chi connectivity index (χ3n) is 3.10. The summed E-state index contributed by atoms with van der Waals surface area (Å²) >= 11 is 0. The Labute approximate surface area is 111 Å². The molecule has 3 aromatic rings. The van der Waals surface area contributed by atoms with Gasteiger partial charge in [0.15, 0.2) is 11.5 Å². The van der Waals surface area contributed by atoms with Crippen LogP contribution < -0.4 is 5.73 Å². The second kappa shape index (κ2) is 4.31. The van der Waals surface area contributed by atoms with Gasteiger partial charge >= 0.3 is 0 Å². The molecule has 0 spiro atoms. The Bertz CT molecular complexity index is 711. The largest absolute Gasteiger partial charge is 0.463 e. The highest BCUT2D eigenvalue weighted by Gasteiger charge is 2.12. The normalized spacial score (nSPS) is 10.8. The van der Waals surface area contributed by atoms with E-state index >= 15 is 0 Å². The molecule has 2 heterocycles. The summed E-state index contributed by atoms with van der Waals surface area (Å²) in [5, 5.41) is 4.51. The molecule has 4 nitrogen and oxygen atoms in total. The number of aryl methyl sites for hydroxylation is 2. The zero-order valence-corrected chi connectivity index (χ0v) is 10.9. The average molecular weight is 253 g/mol. The Morgan fingerprint density at radius 2 is 2.05 bits per heavy atom. The highest BCUT2D eigenvalue weighted by molar-refractivity contribution is 5.68. The van der Waals surface area contributed by atoms with Crippen LogP contribution in [0, 0.1) is 13.8 Å². The Hall–Kier alpha value is -2.49. The molecule has 2 N–H and O–H groups in total. The summed E-state index contributed by atoms with van der Waals surface area (Å²) in [6.45, 7) is 4.13. The number of aromatic nitrogens is 2. The first-order valence-corrected chi connectivity index (χ1v) is 6.12. The first-order valence-electron chi connectivity index (χ1n) is 6.12. The minimum atomic E-state index is 0.606. The average Bonchev–Trinajstić information content (AvgIpc) is 2.98. The van der Waals surface area contributed by atoms with E-state index in [1.165, 1.54) is 5.56 Å². The van der Waals surface area contributed by atoms with Gasteiger partial charge in [0, 0.05) is 0 Å². The van der Waals surface area contributed by atoms with Gasteiger partial charge in [-0.3, -0.25) is 0 Å². The molecule has 0 aliphatic rings. The number of furan rings is 1. The molecule has 0 atom stereocenters. The van der Waals surface area contributed by atoms with E-state index in [2.05, 4.69) is 31.1 Å². The monoisotopic (exact) mass is 253 g/mol. The maximum Gasteiger partial charge on any atom is 0.156 e. The topological polar surface area (TPSA) is 57.0 Å². The van der Waals surface area contributed by atoms with Gasteiger partial charge in [0.25, 0.3) is 0 Å². The van der Waals surface area contributed by atoms with Gasteiger partial charge in [-0.1, -0.05) is 17.7 Å². The van der Waals surface area contributed by atoms with Crippen molar-refractivity contribution in [2.75, 3.05) is 5.73 Å². The van der Waals surface area contributed by atoms with Crippen LogP contribution in [-0.2, 0) is 0 Å². The van der Waals surface area contributed by atoms with Gasteiger partial charge in [-0.25, -0.2) is 4.68 Å². The Morgan fingerprint density at radius 3 is 2.74 bits per heavy atom. The number of anilines is 1. The summed E-state index contributed by atoms with van der Waals surface area (Å²) in [6, 6.07) is 9.91. The molecule has 3 rings (SSSR count). The lowest BCUT2D eigenvalue weighted by Crippen LogP contribution is -1.98. The molecule has 0 aliphatic heterocycles. The fourth-order valence-corrected chi connectivity index (χ4v) is 2.18. The zero-order chi connectivity index (χ0) is 13.4. The summed E-state index contributed by atoms with van der Waals surface area (Å²) in [7, 11) is 0. The van der Waals surface area contributed by atoms with Crippen LogP contribution in [0.2, 0.25) is 0 Å². The molecule has 0 saturated heterocycles. The predicted molar refractivity (Wildman–Crippen MR) is 75.2 cm³/mol. The van der Waals surface area contributed by atoms with Crippen molar-refractivity contribution in [2.24, 2.45) is 0 Å². The fraction of sp³-hybridized carbons (Fsp3) is 0.133. The molecule has 0 radical (unpaired) electrons. The first-order chi connectivity index (χ1) is 9.15. The lowest BCUT2D eigenvalue weighted by molar-refractivity contribution is 0.579. The van der Waals surface area contributed by atoms with E-state index in [1.54, 1.807) is 10.9 Å². The molecule has 0 bridgehead atoms. The minimum Gasteiger partial charge on any atom is -0.463 e. The third-order valence-corrected chi connectivity index (χ3v) is 3.10. The van der Waals surface area contributed by atoms with Crippen molar-refractivity contribution in [1.29, 1.82) is 0 Å². The van der Waals surface area contributed by atoms with Crippen molar-refractivity contribution in [3.05, 3.63) is 53.9 Å². The first kappa shape index (κ1) is 11.6. The standard InChI is InChI=1S/C15H15N3O/c1-10-5-6-13(11(2)8-10)18-9-12(16)15(17-18)14-4-3-7-19-14/h3-9H,16H2,1-2H3. The van der Waals surface area contributed by atoms with Gasteiger partial charge in [0.1, 0.15) is 0 Å². The van der Waals surface area contributed by atoms with Crippen molar-refractivity contribution in [3.8, 4) is 17.1 Å². The van der Waals surface area contributed by atoms with Crippen molar-refractivity contribution in [1.82, 2.24) is 9.78 Å². The Morgan fingerprint density at radius 1 is 1.21 bits per heavy atom. The van der Waals surface area contributed by atoms with Crippen molar-refractivity contribution >= 4 is 5.69 Å². The van der Waals surface area contributed by atoms with Crippen LogP contribution in [0.3, 0.4) is 0 Å². The van der Waals surface area contributed by atoms with Gasteiger partial charge in [-0.15, -0.1) is 0 Å².